The Bertz CT molecular complexity index is 646. The molecule has 1 fully saturated rings. The maximum Gasteiger partial charge on any atom is 0.125 e. The molecule has 1 N–H and O–H groups in total. The van der Waals surface area contributed by atoms with Crippen LogP contribution in [0.3, 0.4) is 0 Å². The first-order chi connectivity index (χ1) is 9.78. The van der Waals surface area contributed by atoms with Crippen molar-refractivity contribution in [2.45, 2.75) is 20.0 Å². The van der Waals surface area contributed by atoms with Crippen molar-refractivity contribution in [1.29, 1.82) is 5.26 Å². The summed E-state index contributed by atoms with van der Waals surface area (Å²) < 4.78 is 2.04. The summed E-state index contributed by atoms with van der Waals surface area (Å²) >= 11 is 0. The van der Waals surface area contributed by atoms with E-state index >= 15 is 0 Å². The number of nitriles is 1. The third kappa shape index (κ3) is 2.53. The largest absolute Gasteiger partial charge is 0.314 e. The van der Waals surface area contributed by atoms with Crippen molar-refractivity contribution in [3.05, 3.63) is 29.6 Å². The molecule has 0 spiro atoms. The smallest absolute Gasteiger partial charge is 0.125 e. The van der Waals surface area contributed by atoms with Gasteiger partial charge in [0.15, 0.2) is 0 Å². The minimum Gasteiger partial charge on any atom is -0.314 e. The summed E-state index contributed by atoms with van der Waals surface area (Å²) in [4.78, 5) is 7.12. The highest BCUT2D eigenvalue weighted by molar-refractivity contribution is 5.77. The van der Waals surface area contributed by atoms with Crippen molar-refractivity contribution in [3.8, 4) is 6.07 Å². The molecule has 1 aliphatic heterocycles. The molecule has 0 aliphatic carbocycles. The number of nitrogens with one attached hydrogen (secondary N) is 1. The Labute approximate surface area is 118 Å². The van der Waals surface area contributed by atoms with Crippen LogP contribution in [-0.2, 0) is 13.1 Å². The lowest BCUT2D eigenvalue weighted by Crippen LogP contribution is -2.43. The zero-order valence-electron chi connectivity index (χ0n) is 11.8. The molecule has 1 aliphatic rings. The number of fused-ring (bicyclic) bond motifs is 1. The second-order valence-electron chi connectivity index (χ2n) is 5.29. The van der Waals surface area contributed by atoms with Crippen molar-refractivity contribution in [1.82, 2.24) is 19.8 Å². The molecule has 0 radical (unpaired) electrons. The Morgan fingerprint density at radius 2 is 2.15 bits per heavy atom. The van der Waals surface area contributed by atoms with E-state index in [0.717, 1.165) is 49.6 Å². The van der Waals surface area contributed by atoms with Gasteiger partial charge in [-0.05, 0) is 24.6 Å². The summed E-state index contributed by atoms with van der Waals surface area (Å²) in [5.74, 6) is 0.994. The van der Waals surface area contributed by atoms with Crippen LogP contribution in [0.2, 0.25) is 0 Å². The van der Waals surface area contributed by atoms with Gasteiger partial charge in [-0.25, -0.2) is 4.98 Å². The van der Waals surface area contributed by atoms with Gasteiger partial charge in [0.05, 0.1) is 23.6 Å². The van der Waals surface area contributed by atoms with Gasteiger partial charge in [0.2, 0.25) is 0 Å². The summed E-state index contributed by atoms with van der Waals surface area (Å²) in [5, 5.41) is 12.4. The quantitative estimate of drug-likeness (QED) is 0.912. The van der Waals surface area contributed by atoms with E-state index < -0.39 is 0 Å². The Kier molecular flexibility index (Phi) is 3.68. The maximum absolute atomic E-state index is 9.06. The van der Waals surface area contributed by atoms with Gasteiger partial charge in [0, 0.05) is 26.2 Å². The molecule has 0 atom stereocenters. The molecular weight excluding hydrogens is 250 g/mol. The number of imidazole rings is 1. The number of hydrogen-bond acceptors (Lipinski definition) is 4. The van der Waals surface area contributed by atoms with E-state index in [-0.39, 0.29) is 0 Å². The van der Waals surface area contributed by atoms with Crippen LogP contribution in [0.15, 0.2) is 18.2 Å². The van der Waals surface area contributed by atoms with Crippen LogP contribution in [0.1, 0.15) is 11.4 Å². The number of nitrogens with zero attached hydrogens (tertiary/aromatic N) is 4. The third-order valence-corrected chi connectivity index (χ3v) is 3.79. The van der Waals surface area contributed by atoms with Crippen molar-refractivity contribution >= 4 is 11.0 Å². The number of piperazine rings is 1. The lowest BCUT2D eigenvalue weighted by Gasteiger charge is -2.26. The zero-order valence-corrected chi connectivity index (χ0v) is 11.8. The topological polar surface area (TPSA) is 56.9 Å². The van der Waals surface area contributed by atoms with Crippen LogP contribution in [-0.4, -0.2) is 40.6 Å². The highest BCUT2D eigenvalue weighted by Gasteiger charge is 2.16. The molecule has 0 saturated carbocycles. The van der Waals surface area contributed by atoms with E-state index in [9.17, 15) is 0 Å². The molecule has 104 valence electrons. The first-order valence-corrected chi connectivity index (χ1v) is 7.04. The molecule has 0 amide bonds. The number of rotatable bonds is 3. The fraction of sp³-hybridized carbons (Fsp3) is 0.467. The molecular formula is C15H19N5. The predicted octanol–water partition coefficient (Wildman–Crippen LogP) is 1.27. The minimum atomic E-state index is 0.362. The first kappa shape index (κ1) is 13.1. The number of aromatic nitrogens is 2. The van der Waals surface area contributed by atoms with Gasteiger partial charge in [-0.15, -0.1) is 0 Å². The Hall–Kier alpha value is -1.90. The average Bonchev–Trinajstić information content (AvgIpc) is 2.77. The number of aryl methyl sites for hydroxylation is 1. The highest BCUT2D eigenvalue weighted by Crippen LogP contribution is 2.19. The maximum atomic E-state index is 9.06. The van der Waals surface area contributed by atoms with Crippen LogP contribution in [0.25, 0.3) is 11.0 Å². The summed E-state index contributed by atoms with van der Waals surface area (Å²) in [7, 11) is 0. The fourth-order valence-corrected chi connectivity index (χ4v) is 2.73. The van der Waals surface area contributed by atoms with Gasteiger partial charge in [0.25, 0.3) is 0 Å². The van der Waals surface area contributed by atoms with E-state index in [0.29, 0.717) is 6.54 Å². The van der Waals surface area contributed by atoms with Crippen molar-refractivity contribution in [2.75, 3.05) is 26.2 Å². The Morgan fingerprint density at radius 1 is 1.35 bits per heavy atom. The first-order valence-electron chi connectivity index (χ1n) is 7.04. The van der Waals surface area contributed by atoms with Crippen molar-refractivity contribution < 1.29 is 0 Å². The normalized spacial score (nSPS) is 16.4. The highest BCUT2D eigenvalue weighted by atomic mass is 15.2. The van der Waals surface area contributed by atoms with E-state index in [1.54, 1.807) is 0 Å². The molecule has 5 nitrogen and oxygen atoms in total. The molecule has 1 aromatic carbocycles. The Balaban J connectivity index is 1.95. The Morgan fingerprint density at radius 3 is 2.90 bits per heavy atom. The number of hydrogen-bond donors (Lipinski definition) is 1. The molecule has 0 bridgehead atoms. The van der Waals surface area contributed by atoms with Gasteiger partial charge in [0.1, 0.15) is 12.4 Å². The summed E-state index contributed by atoms with van der Waals surface area (Å²) in [6.07, 6.45) is 0. The van der Waals surface area contributed by atoms with Gasteiger partial charge in [-0.1, -0.05) is 6.07 Å². The number of benzene rings is 1. The van der Waals surface area contributed by atoms with Crippen LogP contribution in [0, 0.1) is 18.3 Å². The summed E-state index contributed by atoms with van der Waals surface area (Å²) in [6, 6.07) is 8.48. The van der Waals surface area contributed by atoms with E-state index in [2.05, 4.69) is 41.4 Å². The minimum absolute atomic E-state index is 0.362. The van der Waals surface area contributed by atoms with Crippen LogP contribution in [0.5, 0.6) is 0 Å². The van der Waals surface area contributed by atoms with Crippen molar-refractivity contribution in [3.63, 3.8) is 0 Å². The van der Waals surface area contributed by atoms with Gasteiger partial charge in [-0.2, -0.15) is 5.26 Å². The SMILES string of the molecule is Cc1ccc2c(c1)nc(CN1CCNCC1)n2CC#N. The standard InChI is InChI=1S/C15H19N5/c1-12-2-3-14-13(10-12)18-15(20(14)7-4-16)11-19-8-5-17-6-9-19/h2-3,10,17H,5-9,11H2,1H3. The van der Waals surface area contributed by atoms with E-state index in [1.807, 2.05) is 4.57 Å². The lowest BCUT2D eigenvalue weighted by atomic mass is 10.2. The summed E-state index contributed by atoms with van der Waals surface area (Å²) in [5.41, 5.74) is 3.25. The summed E-state index contributed by atoms with van der Waals surface area (Å²) in [6.45, 7) is 7.37. The molecule has 5 heteroatoms. The van der Waals surface area contributed by atoms with E-state index in [1.165, 1.54) is 5.56 Å². The molecule has 2 heterocycles. The zero-order chi connectivity index (χ0) is 13.9. The van der Waals surface area contributed by atoms with Crippen molar-refractivity contribution in [2.24, 2.45) is 0 Å². The van der Waals surface area contributed by atoms with Crippen LogP contribution in [0.4, 0.5) is 0 Å². The molecule has 20 heavy (non-hydrogen) atoms. The molecule has 1 aromatic heterocycles. The second kappa shape index (κ2) is 5.61. The monoisotopic (exact) mass is 269 g/mol. The van der Waals surface area contributed by atoms with Gasteiger partial charge < -0.3 is 9.88 Å². The molecule has 2 aromatic rings. The molecule has 0 unspecified atom stereocenters. The van der Waals surface area contributed by atoms with Gasteiger partial charge in [-0.3, -0.25) is 4.90 Å². The molecule has 1 saturated heterocycles. The average molecular weight is 269 g/mol. The molecule has 3 rings (SSSR count). The van der Waals surface area contributed by atoms with Crippen LogP contribution >= 0.6 is 0 Å². The van der Waals surface area contributed by atoms with Crippen LogP contribution < -0.4 is 5.32 Å². The fourth-order valence-electron chi connectivity index (χ4n) is 2.73. The lowest BCUT2D eigenvalue weighted by molar-refractivity contribution is 0.226. The third-order valence-electron chi connectivity index (χ3n) is 3.79. The second-order valence-corrected chi connectivity index (χ2v) is 5.29. The van der Waals surface area contributed by atoms with Gasteiger partial charge >= 0.3 is 0 Å². The predicted molar refractivity (Wildman–Crippen MR) is 78.2 cm³/mol. The van der Waals surface area contributed by atoms with E-state index in [4.69, 9.17) is 10.2 Å².